The highest BCUT2D eigenvalue weighted by molar-refractivity contribution is 7.91. The van der Waals surface area contributed by atoms with Gasteiger partial charge in [-0.25, -0.2) is 21.6 Å². The summed E-state index contributed by atoms with van der Waals surface area (Å²) in [6.07, 6.45) is 2.98. The SMILES string of the molecule is CS(=O)(=O)c1ccc(Cl)c(S(=O)(=O)NCC2CCCNC2)c1. The first-order chi connectivity index (χ1) is 10.2. The van der Waals surface area contributed by atoms with Gasteiger partial charge in [-0.05, 0) is 50.0 Å². The number of nitrogens with one attached hydrogen (secondary N) is 2. The predicted molar refractivity (Wildman–Crippen MR) is 85.3 cm³/mol. The molecule has 22 heavy (non-hydrogen) atoms. The van der Waals surface area contributed by atoms with E-state index in [4.69, 9.17) is 11.6 Å². The lowest BCUT2D eigenvalue weighted by atomic mass is 10.0. The second-order valence-electron chi connectivity index (χ2n) is 5.43. The minimum atomic E-state index is -3.85. The molecule has 0 radical (unpaired) electrons. The van der Waals surface area contributed by atoms with Crippen molar-refractivity contribution >= 4 is 31.5 Å². The molecule has 1 unspecified atom stereocenters. The van der Waals surface area contributed by atoms with Gasteiger partial charge in [0.2, 0.25) is 10.0 Å². The van der Waals surface area contributed by atoms with E-state index in [0.717, 1.165) is 38.3 Å². The number of benzene rings is 1. The first-order valence-electron chi connectivity index (χ1n) is 6.90. The zero-order chi connectivity index (χ0) is 16.4. The summed E-state index contributed by atoms with van der Waals surface area (Å²) in [5.41, 5.74) is 0. The van der Waals surface area contributed by atoms with Crippen LogP contribution in [0.25, 0.3) is 0 Å². The van der Waals surface area contributed by atoms with Gasteiger partial charge in [0.15, 0.2) is 9.84 Å². The largest absolute Gasteiger partial charge is 0.316 e. The molecule has 1 atom stereocenters. The third-order valence-corrected chi connectivity index (χ3v) is 6.60. The highest BCUT2D eigenvalue weighted by Crippen LogP contribution is 2.25. The Kier molecular flexibility index (Phi) is 5.50. The minimum absolute atomic E-state index is 0.00155. The molecule has 6 nitrogen and oxygen atoms in total. The van der Waals surface area contributed by atoms with E-state index in [1.54, 1.807) is 0 Å². The van der Waals surface area contributed by atoms with Crippen LogP contribution in [0.15, 0.2) is 28.0 Å². The van der Waals surface area contributed by atoms with Crippen molar-refractivity contribution < 1.29 is 16.8 Å². The zero-order valence-corrected chi connectivity index (χ0v) is 14.6. The van der Waals surface area contributed by atoms with Crippen molar-refractivity contribution in [2.75, 3.05) is 25.9 Å². The summed E-state index contributed by atoms with van der Waals surface area (Å²) in [6.45, 7) is 2.01. The molecule has 0 bridgehead atoms. The molecule has 1 aliphatic heterocycles. The lowest BCUT2D eigenvalue weighted by Crippen LogP contribution is -2.38. The van der Waals surface area contributed by atoms with E-state index >= 15 is 0 Å². The molecule has 0 amide bonds. The van der Waals surface area contributed by atoms with E-state index in [1.165, 1.54) is 12.1 Å². The van der Waals surface area contributed by atoms with Crippen LogP contribution in [0.4, 0.5) is 0 Å². The number of rotatable bonds is 5. The summed E-state index contributed by atoms with van der Waals surface area (Å²) in [4.78, 5) is -0.280. The average molecular weight is 367 g/mol. The normalized spacial score (nSPS) is 20.0. The fraction of sp³-hybridized carbons (Fsp3) is 0.538. The van der Waals surface area contributed by atoms with Crippen LogP contribution in [0.1, 0.15) is 12.8 Å². The third-order valence-electron chi connectivity index (χ3n) is 3.58. The van der Waals surface area contributed by atoms with E-state index in [2.05, 4.69) is 10.0 Å². The number of sulfone groups is 1. The minimum Gasteiger partial charge on any atom is -0.316 e. The molecule has 0 aromatic heterocycles. The molecular weight excluding hydrogens is 348 g/mol. The van der Waals surface area contributed by atoms with Gasteiger partial charge >= 0.3 is 0 Å². The van der Waals surface area contributed by atoms with Crippen LogP contribution in [0, 0.1) is 5.92 Å². The number of piperidine rings is 1. The Morgan fingerprint density at radius 3 is 2.64 bits per heavy atom. The fourth-order valence-corrected chi connectivity index (χ4v) is 4.69. The zero-order valence-electron chi connectivity index (χ0n) is 12.2. The molecule has 1 aromatic carbocycles. The van der Waals surface area contributed by atoms with Crippen LogP contribution in [0.5, 0.6) is 0 Å². The highest BCUT2D eigenvalue weighted by atomic mass is 35.5. The molecule has 1 saturated heterocycles. The smallest absolute Gasteiger partial charge is 0.242 e. The van der Waals surface area contributed by atoms with Crippen molar-refractivity contribution in [2.24, 2.45) is 5.92 Å². The Hall–Kier alpha value is -0.670. The average Bonchev–Trinajstić information content (AvgIpc) is 2.45. The molecule has 2 rings (SSSR count). The van der Waals surface area contributed by atoms with E-state index in [-0.39, 0.29) is 20.7 Å². The van der Waals surface area contributed by atoms with Gasteiger partial charge < -0.3 is 5.32 Å². The van der Waals surface area contributed by atoms with Crippen LogP contribution in [0.3, 0.4) is 0 Å². The van der Waals surface area contributed by atoms with E-state index in [0.29, 0.717) is 6.54 Å². The van der Waals surface area contributed by atoms with Gasteiger partial charge in [0.1, 0.15) is 4.90 Å². The number of hydrogen-bond acceptors (Lipinski definition) is 5. The summed E-state index contributed by atoms with van der Waals surface area (Å²) in [7, 11) is -7.35. The van der Waals surface area contributed by atoms with Crippen molar-refractivity contribution in [3.05, 3.63) is 23.2 Å². The molecule has 1 aromatic rings. The molecule has 0 spiro atoms. The molecule has 1 fully saturated rings. The maximum Gasteiger partial charge on any atom is 0.242 e. The predicted octanol–water partition coefficient (Wildman–Crippen LogP) is 1.02. The van der Waals surface area contributed by atoms with Gasteiger partial charge in [0.05, 0.1) is 9.92 Å². The monoisotopic (exact) mass is 366 g/mol. The maximum absolute atomic E-state index is 12.4. The second kappa shape index (κ2) is 6.84. The quantitative estimate of drug-likeness (QED) is 0.811. The third kappa shape index (κ3) is 4.42. The fourth-order valence-electron chi connectivity index (χ4n) is 2.32. The van der Waals surface area contributed by atoms with Crippen LogP contribution < -0.4 is 10.0 Å². The first kappa shape index (κ1) is 17.7. The Morgan fingerprint density at radius 1 is 1.32 bits per heavy atom. The number of sulfonamides is 1. The van der Waals surface area contributed by atoms with Gasteiger partial charge in [0, 0.05) is 12.8 Å². The summed E-state index contributed by atoms with van der Waals surface area (Å²) < 4.78 is 50.4. The molecule has 2 N–H and O–H groups in total. The summed E-state index contributed by atoms with van der Waals surface area (Å²) >= 11 is 5.93. The molecule has 1 heterocycles. The van der Waals surface area contributed by atoms with E-state index in [1.807, 2.05) is 0 Å². The van der Waals surface area contributed by atoms with Gasteiger partial charge in [-0.1, -0.05) is 11.6 Å². The van der Waals surface area contributed by atoms with Crippen molar-refractivity contribution in [2.45, 2.75) is 22.6 Å². The standard InChI is InChI=1S/C13H19ClN2O4S2/c1-21(17,18)11-4-5-12(14)13(7-11)22(19,20)16-9-10-3-2-6-15-8-10/h4-5,7,10,15-16H,2-3,6,8-9H2,1H3. The van der Waals surface area contributed by atoms with Gasteiger partial charge in [-0.3, -0.25) is 0 Å². The summed E-state index contributed by atoms with van der Waals surface area (Å²) in [5.74, 6) is 0.223. The van der Waals surface area contributed by atoms with E-state index in [9.17, 15) is 16.8 Å². The second-order valence-corrected chi connectivity index (χ2v) is 9.59. The van der Waals surface area contributed by atoms with Crippen LogP contribution in [0.2, 0.25) is 5.02 Å². The molecule has 9 heteroatoms. The summed E-state index contributed by atoms with van der Waals surface area (Å²) in [6, 6.07) is 3.68. The van der Waals surface area contributed by atoms with Crippen LogP contribution >= 0.6 is 11.6 Å². The summed E-state index contributed by atoms with van der Waals surface area (Å²) in [5, 5.41) is 3.21. The lowest BCUT2D eigenvalue weighted by molar-refractivity contribution is 0.376. The maximum atomic E-state index is 12.4. The molecular formula is C13H19ClN2O4S2. The Balaban J connectivity index is 2.21. The number of hydrogen-bond donors (Lipinski definition) is 2. The van der Waals surface area contributed by atoms with E-state index < -0.39 is 19.9 Å². The van der Waals surface area contributed by atoms with Crippen LogP contribution in [-0.4, -0.2) is 42.7 Å². The molecule has 0 saturated carbocycles. The van der Waals surface area contributed by atoms with Gasteiger partial charge in [-0.15, -0.1) is 0 Å². The topological polar surface area (TPSA) is 92.3 Å². The molecule has 0 aliphatic carbocycles. The molecule has 1 aliphatic rings. The van der Waals surface area contributed by atoms with Crippen molar-refractivity contribution in [3.8, 4) is 0 Å². The van der Waals surface area contributed by atoms with Crippen molar-refractivity contribution in [1.82, 2.24) is 10.0 Å². The Morgan fingerprint density at radius 2 is 2.05 bits per heavy atom. The van der Waals surface area contributed by atoms with Crippen LogP contribution in [-0.2, 0) is 19.9 Å². The highest BCUT2D eigenvalue weighted by Gasteiger charge is 2.22. The van der Waals surface area contributed by atoms with Crippen molar-refractivity contribution in [3.63, 3.8) is 0 Å². The lowest BCUT2D eigenvalue weighted by Gasteiger charge is -2.23. The first-order valence-corrected chi connectivity index (χ1v) is 10.7. The molecule has 124 valence electrons. The number of halogens is 1. The van der Waals surface area contributed by atoms with Gasteiger partial charge in [0.25, 0.3) is 0 Å². The Labute approximate surface area is 136 Å². The van der Waals surface area contributed by atoms with Gasteiger partial charge in [-0.2, -0.15) is 0 Å². The van der Waals surface area contributed by atoms with Crippen molar-refractivity contribution in [1.29, 1.82) is 0 Å². The Bertz CT molecular complexity index is 741.